The number of nitrogens with zero attached hydrogens (tertiary/aromatic N) is 1. The topological polar surface area (TPSA) is 48.1 Å². The zero-order chi connectivity index (χ0) is 8.10. The Balaban J connectivity index is 2.60. The van der Waals surface area contributed by atoms with E-state index >= 15 is 0 Å². The van der Waals surface area contributed by atoms with E-state index in [1.54, 1.807) is 12.1 Å². The van der Waals surface area contributed by atoms with E-state index in [-0.39, 0.29) is 6.61 Å². The molecule has 1 rings (SSSR count). The van der Waals surface area contributed by atoms with Gasteiger partial charge < -0.3 is 10.5 Å². The first kappa shape index (κ1) is 7.42. The number of pyridine rings is 1. The van der Waals surface area contributed by atoms with E-state index in [1.165, 1.54) is 6.20 Å². The fourth-order valence-electron chi connectivity index (χ4n) is 0.593. The van der Waals surface area contributed by atoms with Crippen LogP contribution in [-0.2, 0) is 0 Å². The van der Waals surface area contributed by atoms with Crippen LogP contribution >= 0.6 is 0 Å². The number of anilines is 1. The zero-order valence-corrected chi connectivity index (χ0v) is 5.95. The lowest BCUT2D eigenvalue weighted by Crippen LogP contribution is -1.96. The average molecular weight is 148 g/mol. The number of nitrogens with two attached hydrogens (primary N) is 1. The summed E-state index contributed by atoms with van der Waals surface area (Å²) in [6, 6.07) is 3.38. The van der Waals surface area contributed by atoms with Gasteiger partial charge in [-0.25, -0.2) is 4.98 Å². The van der Waals surface area contributed by atoms with Crippen LogP contribution in [0.3, 0.4) is 0 Å². The molecule has 0 aromatic carbocycles. The largest absolute Gasteiger partial charge is 0.464 e. The highest BCUT2D eigenvalue weighted by Crippen LogP contribution is 2.07. The number of hydrogen-bond donors (Lipinski definition) is 1. The molecule has 0 radical (unpaired) electrons. The molecule has 0 atom stereocenters. The Kier molecular flexibility index (Phi) is 2.34. The molecular weight excluding hydrogens is 140 g/mol. The molecule has 1 aromatic heterocycles. The monoisotopic (exact) mass is 148 g/mol. The summed E-state index contributed by atoms with van der Waals surface area (Å²) in [5.41, 5.74) is 6.01. The van der Waals surface area contributed by atoms with Crippen molar-refractivity contribution in [1.82, 2.24) is 4.98 Å². The van der Waals surface area contributed by atoms with Crippen LogP contribution in [0.15, 0.2) is 18.3 Å². The normalized spacial score (nSPS) is 8.64. The predicted molar refractivity (Wildman–Crippen MR) is 43.0 cm³/mol. The van der Waals surface area contributed by atoms with Crippen molar-refractivity contribution >= 4 is 5.69 Å². The molecule has 0 saturated heterocycles. The van der Waals surface area contributed by atoms with Crippen molar-refractivity contribution in [3.63, 3.8) is 0 Å². The van der Waals surface area contributed by atoms with E-state index in [1.807, 2.05) is 0 Å². The Bertz CT molecular complexity index is 260. The highest BCUT2D eigenvalue weighted by Gasteiger charge is 1.90. The minimum Gasteiger partial charge on any atom is -0.464 e. The summed E-state index contributed by atoms with van der Waals surface area (Å²) in [7, 11) is 0. The molecule has 11 heavy (non-hydrogen) atoms. The summed E-state index contributed by atoms with van der Waals surface area (Å²) in [6.07, 6.45) is 6.50. The molecule has 1 aromatic rings. The zero-order valence-electron chi connectivity index (χ0n) is 5.95. The van der Waals surface area contributed by atoms with Crippen molar-refractivity contribution in [2.75, 3.05) is 12.3 Å². The van der Waals surface area contributed by atoms with Gasteiger partial charge in [-0.1, -0.05) is 5.92 Å². The first-order valence-corrected chi connectivity index (χ1v) is 3.10. The van der Waals surface area contributed by atoms with Crippen LogP contribution in [-0.4, -0.2) is 11.6 Å². The molecule has 0 fully saturated rings. The number of ether oxygens (including phenoxy) is 1. The van der Waals surface area contributed by atoms with Crippen LogP contribution in [0.5, 0.6) is 5.88 Å². The van der Waals surface area contributed by atoms with Gasteiger partial charge in [0.2, 0.25) is 5.88 Å². The molecule has 0 aliphatic rings. The Labute approximate surface area is 65.2 Å². The van der Waals surface area contributed by atoms with Crippen LogP contribution in [0.25, 0.3) is 0 Å². The van der Waals surface area contributed by atoms with Crippen molar-refractivity contribution in [2.24, 2.45) is 0 Å². The van der Waals surface area contributed by atoms with E-state index in [0.29, 0.717) is 11.6 Å². The second-order valence-electron chi connectivity index (χ2n) is 1.92. The molecule has 3 nitrogen and oxygen atoms in total. The molecule has 0 spiro atoms. The lowest BCUT2D eigenvalue weighted by molar-refractivity contribution is 0.355. The molecule has 0 unspecified atom stereocenters. The molecule has 0 aliphatic heterocycles. The third kappa shape index (κ3) is 2.18. The maximum absolute atomic E-state index is 5.40. The summed E-state index contributed by atoms with van der Waals surface area (Å²) < 4.78 is 5.01. The van der Waals surface area contributed by atoms with Crippen molar-refractivity contribution < 1.29 is 4.74 Å². The van der Waals surface area contributed by atoms with Crippen molar-refractivity contribution in [3.8, 4) is 18.2 Å². The summed E-state index contributed by atoms with van der Waals surface area (Å²) in [6.45, 7) is 0.233. The van der Waals surface area contributed by atoms with Crippen LogP contribution in [0.4, 0.5) is 5.69 Å². The van der Waals surface area contributed by atoms with Gasteiger partial charge in [0.25, 0.3) is 0 Å². The Morgan fingerprint density at radius 1 is 1.64 bits per heavy atom. The van der Waals surface area contributed by atoms with Crippen LogP contribution in [0.1, 0.15) is 0 Å². The highest BCUT2D eigenvalue weighted by atomic mass is 16.5. The highest BCUT2D eigenvalue weighted by molar-refractivity contribution is 5.35. The standard InChI is InChI=1S/C8H8N2O/c1-2-5-11-8-4-3-7(9)6-10-8/h1,3-4,6H,5,9H2. The fraction of sp³-hybridized carbons (Fsp3) is 0.125. The molecule has 0 bridgehead atoms. The van der Waals surface area contributed by atoms with E-state index in [9.17, 15) is 0 Å². The van der Waals surface area contributed by atoms with Gasteiger partial charge >= 0.3 is 0 Å². The van der Waals surface area contributed by atoms with E-state index in [0.717, 1.165) is 0 Å². The molecule has 0 saturated carbocycles. The fourth-order valence-corrected chi connectivity index (χ4v) is 0.593. The number of terminal acetylenes is 1. The van der Waals surface area contributed by atoms with E-state index in [2.05, 4.69) is 10.9 Å². The van der Waals surface area contributed by atoms with Gasteiger partial charge in [-0.15, -0.1) is 6.42 Å². The van der Waals surface area contributed by atoms with Crippen molar-refractivity contribution in [1.29, 1.82) is 0 Å². The van der Waals surface area contributed by atoms with Gasteiger partial charge in [0.1, 0.15) is 0 Å². The minimum absolute atomic E-state index is 0.233. The number of aromatic nitrogens is 1. The second-order valence-corrected chi connectivity index (χ2v) is 1.92. The average Bonchev–Trinajstić information content (AvgIpc) is 2.04. The van der Waals surface area contributed by atoms with Crippen LogP contribution < -0.4 is 10.5 Å². The van der Waals surface area contributed by atoms with Gasteiger partial charge in [-0.3, -0.25) is 0 Å². The Morgan fingerprint density at radius 2 is 2.45 bits per heavy atom. The van der Waals surface area contributed by atoms with Gasteiger partial charge in [0, 0.05) is 6.07 Å². The van der Waals surface area contributed by atoms with Gasteiger partial charge in [0.05, 0.1) is 11.9 Å². The molecular formula is C8H8N2O. The smallest absolute Gasteiger partial charge is 0.214 e. The maximum atomic E-state index is 5.40. The summed E-state index contributed by atoms with van der Waals surface area (Å²) in [4.78, 5) is 3.87. The SMILES string of the molecule is C#CCOc1ccc(N)cn1. The van der Waals surface area contributed by atoms with Gasteiger partial charge in [0.15, 0.2) is 6.61 Å². The number of rotatable bonds is 2. The lowest BCUT2D eigenvalue weighted by Gasteiger charge is -1.99. The first-order valence-electron chi connectivity index (χ1n) is 3.10. The first-order chi connectivity index (χ1) is 5.33. The molecule has 1 heterocycles. The Hall–Kier alpha value is -1.69. The van der Waals surface area contributed by atoms with Crippen molar-refractivity contribution in [2.45, 2.75) is 0 Å². The third-order valence-corrected chi connectivity index (χ3v) is 1.06. The molecule has 0 aliphatic carbocycles. The number of nitrogen functional groups attached to an aromatic ring is 1. The molecule has 56 valence electrons. The van der Waals surface area contributed by atoms with Gasteiger partial charge in [-0.05, 0) is 6.07 Å². The minimum atomic E-state index is 0.233. The number of hydrogen-bond acceptors (Lipinski definition) is 3. The van der Waals surface area contributed by atoms with E-state index in [4.69, 9.17) is 16.9 Å². The van der Waals surface area contributed by atoms with Crippen LogP contribution in [0, 0.1) is 12.3 Å². The summed E-state index contributed by atoms with van der Waals surface area (Å²) in [5.74, 6) is 2.83. The predicted octanol–water partition coefficient (Wildman–Crippen LogP) is 0.676. The van der Waals surface area contributed by atoms with E-state index < -0.39 is 0 Å². The maximum Gasteiger partial charge on any atom is 0.214 e. The molecule has 0 amide bonds. The Morgan fingerprint density at radius 3 is 3.00 bits per heavy atom. The van der Waals surface area contributed by atoms with Gasteiger partial charge in [-0.2, -0.15) is 0 Å². The van der Waals surface area contributed by atoms with Crippen molar-refractivity contribution in [3.05, 3.63) is 18.3 Å². The lowest BCUT2D eigenvalue weighted by atomic mass is 10.4. The summed E-state index contributed by atoms with van der Waals surface area (Å²) in [5, 5.41) is 0. The quantitative estimate of drug-likeness (QED) is 0.627. The summed E-state index contributed by atoms with van der Waals surface area (Å²) >= 11 is 0. The third-order valence-electron chi connectivity index (χ3n) is 1.06. The second kappa shape index (κ2) is 3.47. The molecule has 2 N–H and O–H groups in total. The molecule has 3 heteroatoms. The van der Waals surface area contributed by atoms with Crippen LogP contribution in [0.2, 0.25) is 0 Å².